The summed E-state index contributed by atoms with van der Waals surface area (Å²) in [6.07, 6.45) is 6.62. The fourth-order valence-corrected chi connectivity index (χ4v) is 1.96. The lowest BCUT2D eigenvalue weighted by Gasteiger charge is -2.02. The van der Waals surface area contributed by atoms with Gasteiger partial charge in [-0.05, 0) is 43.0 Å². The lowest BCUT2D eigenvalue weighted by molar-refractivity contribution is -0.129. The summed E-state index contributed by atoms with van der Waals surface area (Å²) in [6.45, 7) is 0.574. The van der Waals surface area contributed by atoms with E-state index in [0.29, 0.717) is 30.8 Å². The Hall–Kier alpha value is -1.85. The van der Waals surface area contributed by atoms with Crippen molar-refractivity contribution in [1.29, 1.82) is 0 Å². The Bertz CT molecular complexity index is 501. The quantitative estimate of drug-likeness (QED) is 0.283. The van der Waals surface area contributed by atoms with Crippen LogP contribution in [0.2, 0.25) is 5.02 Å². The van der Waals surface area contributed by atoms with Crippen molar-refractivity contribution in [2.24, 2.45) is 0 Å². The summed E-state index contributed by atoms with van der Waals surface area (Å²) in [5, 5.41) is 11.8. The minimum absolute atomic E-state index is 0.123. The first-order valence-electron chi connectivity index (χ1n) is 7.23. The highest BCUT2D eigenvalue weighted by molar-refractivity contribution is 6.30. The van der Waals surface area contributed by atoms with E-state index in [1.54, 1.807) is 5.48 Å². The van der Waals surface area contributed by atoms with Crippen molar-refractivity contribution < 1.29 is 14.8 Å². The minimum Gasteiger partial charge on any atom is -0.353 e. The molecule has 0 aliphatic carbocycles. The molecular weight excluding hydrogens is 304 g/mol. The first-order chi connectivity index (χ1) is 10.6. The number of allylic oxidation sites excluding steroid dienone is 1. The molecule has 0 heterocycles. The zero-order valence-electron chi connectivity index (χ0n) is 12.3. The normalized spacial score (nSPS) is 10.6. The molecule has 120 valence electrons. The van der Waals surface area contributed by atoms with Gasteiger partial charge in [-0.3, -0.25) is 14.8 Å². The van der Waals surface area contributed by atoms with Crippen LogP contribution < -0.4 is 10.8 Å². The first-order valence-corrected chi connectivity index (χ1v) is 7.61. The minimum atomic E-state index is -0.380. The molecule has 0 aliphatic heterocycles. The maximum Gasteiger partial charge on any atom is 0.243 e. The maximum atomic E-state index is 11.6. The van der Waals surface area contributed by atoms with Gasteiger partial charge >= 0.3 is 0 Å². The summed E-state index contributed by atoms with van der Waals surface area (Å²) < 4.78 is 0. The predicted octanol–water partition coefficient (Wildman–Crippen LogP) is 2.62. The number of carbonyl (C=O) groups is 2. The monoisotopic (exact) mass is 324 g/mol. The lowest BCUT2D eigenvalue weighted by atomic mass is 10.1. The third-order valence-corrected chi connectivity index (χ3v) is 3.29. The zero-order valence-corrected chi connectivity index (χ0v) is 13.1. The van der Waals surface area contributed by atoms with Crippen molar-refractivity contribution in [3.63, 3.8) is 0 Å². The molecule has 0 aromatic heterocycles. The number of benzene rings is 1. The van der Waals surface area contributed by atoms with Crippen LogP contribution in [0.5, 0.6) is 0 Å². The summed E-state index contributed by atoms with van der Waals surface area (Å²) in [7, 11) is 0. The van der Waals surface area contributed by atoms with E-state index in [-0.39, 0.29) is 11.8 Å². The molecule has 1 rings (SSSR count). The Morgan fingerprint density at radius 3 is 2.55 bits per heavy atom. The summed E-state index contributed by atoms with van der Waals surface area (Å²) in [5.41, 5.74) is 2.68. The number of halogens is 1. The highest BCUT2D eigenvalue weighted by atomic mass is 35.5. The van der Waals surface area contributed by atoms with Crippen LogP contribution in [0.3, 0.4) is 0 Å². The SMILES string of the molecule is O=C(C=CCc1ccc(Cl)cc1)NCCCCCC(=O)NO. The fourth-order valence-electron chi connectivity index (χ4n) is 1.84. The molecule has 0 aliphatic rings. The smallest absolute Gasteiger partial charge is 0.243 e. The van der Waals surface area contributed by atoms with Gasteiger partial charge in [0.05, 0.1) is 0 Å². The second-order valence-electron chi connectivity index (χ2n) is 4.87. The Labute approximate surface area is 135 Å². The number of rotatable bonds is 9. The molecule has 1 aromatic carbocycles. The van der Waals surface area contributed by atoms with Crippen LogP contribution in [-0.2, 0) is 16.0 Å². The van der Waals surface area contributed by atoms with Crippen LogP contribution >= 0.6 is 11.6 Å². The summed E-state index contributed by atoms with van der Waals surface area (Å²) in [6, 6.07) is 7.49. The predicted molar refractivity (Wildman–Crippen MR) is 85.7 cm³/mol. The van der Waals surface area contributed by atoms with Gasteiger partial charge in [0.15, 0.2) is 0 Å². The van der Waals surface area contributed by atoms with Crippen LogP contribution in [-0.4, -0.2) is 23.6 Å². The highest BCUT2D eigenvalue weighted by Gasteiger charge is 1.99. The summed E-state index contributed by atoms with van der Waals surface area (Å²) in [5.74, 6) is -0.503. The first kappa shape index (κ1) is 18.2. The standard InChI is InChI=1S/C16H21ClN2O3/c17-14-10-8-13(9-11-14)5-4-7-15(20)18-12-3-1-2-6-16(21)19-22/h4,7-11,22H,1-3,5-6,12H2,(H,18,20)(H,19,21). The second-order valence-corrected chi connectivity index (χ2v) is 5.31. The molecule has 0 fully saturated rings. The van der Waals surface area contributed by atoms with Crippen LogP contribution in [0.15, 0.2) is 36.4 Å². The highest BCUT2D eigenvalue weighted by Crippen LogP contribution is 2.10. The van der Waals surface area contributed by atoms with Gasteiger partial charge in [-0.2, -0.15) is 0 Å². The number of nitrogens with one attached hydrogen (secondary N) is 2. The van der Waals surface area contributed by atoms with Gasteiger partial charge in [0, 0.05) is 18.0 Å². The van der Waals surface area contributed by atoms with E-state index in [0.717, 1.165) is 18.4 Å². The van der Waals surface area contributed by atoms with Crippen LogP contribution in [0, 0.1) is 0 Å². The van der Waals surface area contributed by atoms with Crippen molar-refractivity contribution in [1.82, 2.24) is 10.8 Å². The van der Waals surface area contributed by atoms with E-state index in [1.807, 2.05) is 30.3 Å². The Morgan fingerprint density at radius 1 is 1.14 bits per heavy atom. The molecule has 0 bridgehead atoms. The van der Waals surface area contributed by atoms with Crippen molar-refractivity contribution in [2.75, 3.05) is 6.54 Å². The largest absolute Gasteiger partial charge is 0.353 e. The van der Waals surface area contributed by atoms with E-state index in [1.165, 1.54) is 6.08 Å². The number of hydrogen-bond donors (Lipinski definition) is 3. The number of unbranched alkanes of at least 4 members (excludes halogenated alkanes) is 2. The molecule has 0 unspecified atom stereocenters. The van der Waals surface area contributed by atoms with Gasteiger partial charge < -0.3 is 5.32 Å². The van der Waals surface area contributed by atoms with Gasteiger partial charge in [0.1, 0.15) is 0 Å². The molecule has 6 heteroatoms. The average Bonchev–Trinajstić information content (AvgIpc) is 2.52. The number of carbonyl (C=O) groups excluding carboxylic acids is 2. The van der Waals surface area contributed by atoms with Crippen LogP contribution in [0.1, 0.15) is 31.2 Å². The molecule has 1 aromatic rings. The Morgan fingerprint density at radius 2 is 1.86 bits per heavy atom. The van der Waals surface area contributed by atoms with E-state index in [9.17, 15) is 9.59 Å². The molecule has 0 spiro atoms. The van der Waals surface area contributed by atoms with Crippen molar-refractivity contribution in [2.45, 2.75) is 32.1 Å². The molecule has 22 heavy (non-hydrogen) atoms. The van der Waals surface area contributed by atoms with Gasteiger partial charge in [0.2, 0.25) is 11.8 Å². The fraction of sp³-hybridized carbons (Fsp3) is 0.375. The third-order valence-electron chi connectivity index (χ3n) is 3.04. The third kappa shape index (κ3) is 8.44. The number of hydroxylamine groups is 1. The number of hydrogen-bond acceptors (Lipinski definition) is 3. The van der Waals surface area contributed by atoms with Gasteiger partial charge in [-0.15, -0.1) is 0 Å². The zero-order chi connectivity index (χ0) is 16.2. The van der Waals surface area contributed by atoms with Crippen LogP contribution in [0.4, 0.5) is 0 Å². The maximum absolute atomic E-state index is 11.6. The molecule has 0 radical (unpaired) electrons. The Kier molecular flexibility index (Phi) is 8.95. The van der Waals surface area contributed by atoms with Gasteiger partial charge in [-0.25, -0.2) is 5.48 Å². The Balaban J connectivity index is 2.09. The van der Waals surface area contributed by atoms with Crippen molar-refractivity contribution in [3.05, 3.63) is 47.0 Å². The molecular formula is C16H21ClN2O3. The molecule has 5 nitrogen and oxygen atoms in total. The van der Waals surface area contributed by atoms with Crippen molar-refractivity contribution in [3.8, 4) is 0 Å². The average molecular weight is 325 g/mol. The molecule has 2 amide bonds. The lowest BCUT2D eigenvalue weighted by Crippen LogP contribution is -2.22. The van der Waals surface area contributed by atoms with Crippen molar-refractivity contribution >= 4 is 23.4 Å². The summed E-state index contributed by atoms with van der Waals surface area (Å²) in [4.78, 5) is 22.3. The van der Waals surface area contributed by atoms with E-state index in [2.05, 4.69) is 5.32 Å². The van der Waals surface area contributed by atoms with Crippen LogP contribution in [0.25, 0.3) is 0 Å². The second kappa shape index (κ2) is 10.8. The molecule has 0 saturated heterocycles. The number of amides is 2. The topological polar surface area (TPSA) is 78.4 Å². The molecule has 0 atom stereocenters. The molecule has 0 saturated carbocycles. The van der Waals surface area contributed by atoms with Gasteiger partial charge in [-0.1, -0.05) is 36.2 Å². The molecule has 3 N–H and O–H groups in total. The van der Waals surface area contributed by atoms with E-state index < -0.39 is 0 Å². The van der Waals surface area contributed by atoms with E-state index in [4.69, 9.17) is 16.8 Å². The summed E-state index contributed by atoms with van der Waals surface area (Å²) >= 11 is 5.80. The van der Waals surface area contributed by atoms with Gasteiger partial charge in [0.25, 0.3) is 0 Å². The van der Waals surface area contributed by atoms with E-state index >= 15 is 0 Å².